The molecule has 314 valence electrons. The Balaban J connectivity index is 1.08. The van der Waals surface area contributed by atoms with Crippen LogP contribution in [-0.2, 0) is 6.42 Å². The van der Waals surface area contributed by atoms with Gasteiger partial charge in [-0.2, -0.15) is 10.5 Å². The molecule has 0 unspecified atom stereocenters. The molecule has 0 N–H and O–H groups in total. The highest BCUT2D eigenvalue weighted by atomic mass is 15.0. The number of hydrogen-bond donors (Lipinski definition) is 0. The maximum atomic E-state index is 11.0. The molecule has 0 saturated heterocycles. The lowest BCUT2D eigenvalue weighted by molar-refractivity contribution is 1.13. The Morgan fingerprint density at radius 1 is 0.338 bits per heavy atom. The quantitative estimate of drug-likeness (QED) is 0.173. The van der Waals surface area contributed by atoms with Crippen LogP contribution in [-0.4, -0.2) is 13.7 Å². The number of rotatable bonds is 5. The Kier molecular flexibility index (Phi) is 8.11. The number of nitrogens with zero attached hydrogens (tertiary/aromatic N) is 5. The normalized spacial score (nSPS) is 12.0. The summed E-state index contributed by atoms with van der Waals surface area (Å²) in [6.07, 6.45) is 0.871. The van der Waals surface area contributed by atoms with Gasteiger partial charge in [-0.25, -0.2) is 0 Å². The first-order valence-electron chi connectivity index (χ1n) is 23.0. The Bertz CT molecular complexity index is 4370. The Labute approximate surface area is 391 Å². The van der Waals surface area contributed by atoms with Crippen molar-refractivity contribution in [3.05, 3.63) is 235 Å². The van der Waals surface area contributed by atoms with Crippen LogP contribution >= 0.6 is 0 Å². The van der Waals surface area contributed by atoms with E-state index < -0.39 is 0 Å². The molecule has 0 amide bonds. The van der Waals surface area contributed by atoms with Gasteiger partial charge < -0.3 is 13.7 Å². The molecule has 0 atom stereocenters. The zero-order chi connectivity index (χ0) is 45.0. The largest absolute Gasteiger partial charge is 0.309 e. The van der Waals surface area contributed by atoms with Crippen molar-refractivity contribution in [2.45, 2.75) is 6.42 Å². The van der Waals surface area contributed by atoms with Crippen LogP contribution in [0.2, 0.25) is 0 Å². The second-order valence-corrected chi connectivity index (χ2v) is 17.8. The Morgan fingerprint density at radius 3 is 1.78 bits per heavy atom. The summed E-state index contributed by atoms with van der Waals surface area (Å²) in [5.74, 6) is 0. The van der Waals surface area contributed by atoms with E-state index in [1.165, 1.54) is 65.6 Å². The lowest BCUT2D eigenvalue weighted by Gasteiger charge is -2.19. The summed E-state index contributed by atoms with van der Waals surface area (Å²) in [7, 11) is 0. The fourth-order valence-corrected chi connectivity index (χ4v) is 11.4. The smallest absolute Gasteiger partial charge is 0.0998 e. The fourth-order valence-electron chi connectivity index (χ4n) is 11.4. The van der Waals surface area contributed by atoms with Gasteiger partial charge in [-0.3, -0.25) is 0 Å². The van der Waals surface area contributed by atoms with E-state index in [9.17, 15) is 10.5 Å². The minimum atomic E-state index is 0.536. The van der Waals surface area contributed by atoms with Gasteiger partial charge in [0, 0.05) is 54.8 Å². The molecular weight excluding hydrogens is 827 g/mol. The van der Waals surface area contributed by atoms with Crippen LogP contribution < -0.4 is 0 Å². The van der Waals surface area contributed by atoms with E-state index in [2.05, 4.69) is 202 Å². The molecule has 5 nitrogen and oxygen atoms in total. The number of benzene rings is 10. The van der Waals surface area contributed by atoms with Gasteiger partial charge in [-0.05, 0) is 113 Å². The van der Waals surface area contributed by atoms with Gasteiger partial charge in [-0.1, -0.05) is 140 Å². The third-order valence-electron chi connectivity index (χ3n) is 14.3. The molecule has 3 aromatic heterocycles. The van der Waals surface area contributed by atoms with Crippen LogP contribution in [0.3, 0.4) is 0 Å². The standard InChI is InChI=1S/C63H37N5/c64-37-41-15-5-6-18-46(41)40-26-28-48(43(33-40)38-65)51-29-27-45(35-61(51)68-57-24-12-9-21-50(57)55-36-54-42(34-60(55)68)32-39-14-4-7-19-47(39)54)66-58-25-13-10-22-53(58)62-59(66)31-30-52-49-20-8-11-23-56(49)67(63(52)62)44-16-2-1-3-17-44/h1-31,33-36H,32H2. The van der Waals surface area contributed by atoms with Gasteiger partial charge >= 0.3 is 0 Å². The first-order valence-corrected chi connectivity index (χ1v) is 23.0. The third-order valence-corrected chi connectivity index (χ3v) is 14.3. The van der Waals surface area contributed by atoms with Gasteiger partial charge in [0.25, 0.3) is 0 Å². The summed E-state index contributed by atoms with van der Waals surface area (Å²) in [5.41, 5.74) is 19.6. The summed E-state index contributed by atoms with van der Waals surface area (Å²) in [5, 5.41) is 28.2. The molecule has 0 radical (unpaired) electrons. The molecule has 10 aromatic carbocycles. The molecule has 5 heteroatoms. The summed E-state index contributed by atoms with van der Waals surface area (Å²) in [6, 6.07) is 80.3. The number of para-hydroxylation sites is 4. The van der Waals surface area contributed by atoms with Gasteiger partial charge in [0.15, 0.2) is 0 Å². The van der Waals surface area contributed by atoms with Crippen molar-refractivity contribution in [3.63, 3.8) is 0 Å². The van der Waals surface area contributed by atoms with Crippen molar-refractivity contribution in [1.29, 1.82) is 10.5 Å². The molecule has 1 aliphatic carbocycles. The fraction of sp³-hybridized carbons (Fsp3) is 0.0159. The van der Waals surface area contributed by atoms with Crippen molar-refractivity contribution >= 4 is 65.4 Å². The van der Waals surface area contributed by atoms with Gasteiger partial charge in [0.05, 0.1) is 62.1 Å². The molecule has 68 heavy (non-hydrogen) atoms. The lowest BCUT2D eigenvalue weighted by Crippen LogP contribution is -2.02. The molecule has 13 aromatic rings. The van der Waals surface area contributed by atoms with Gasteiger partial charge in [-0.15, -0.1) is 0 Å². The predicted octanol–water partition coefficient (Wildman–Crippen LogP) is 15.6. The van der Waals surface area contributed by atoms with Crippen LogP contribution in [0.15, 0.2) is 212 Å². The topological polar surface area (TPSA) is 62.4 Å². The van der Waals surface area contributed by atoms with Crippen molar-refractivity contribution < 1.29 is 0 Å². The van der Waals surface area contributed by atoms with Crippen molar-refractivity contribution in [1.82, 2.24) is 13.7 Å². The number of aromatic nitrogens is 3. The molecule has 1 aliphatic rings. The number of nitriles is 2. The summed E-state index contributed by atoms with van der Waals surface area (Å²) >= 11 is 0. The average molecular weight is 864 g/mol. The SMILES string of the molecule is N#Cc1ccccc1-c1ccc(-c2ccc(-n3c4ccccc4c4c3ccc3c5ccccc5n(-c5ccccc5)c34)cc2-n2c3ccccc3c3cc4c(cc32)Cc2ccccc2-4)c(C#N)c1. The lowest BCUT2D eigenvalue weighted by atomic mass is 9.92. The Hall–Kier alpha value is -9.42. The van der Waals surface area contributed by atoms with Crippen LogP contribution in [0.1, 0.15) is 22.3 Å². The van der Waals surface area contributed by atoms with E-state index in [0.717, 1.165) is 67.8 Å². The molecule has 0 aliphatic heterocycles. The highest BCUT2D eigenvalue weighted by molar-refractivity contribution is 6.26. The van der Waals surface area contributed by atoms with E-state index in [1.54, 1.807) is 0 Å². The highest BCUT2D eigenvalue weighted by Gasteiger charge is 2.26. The highest BCUT2D eigenvalue weighted by Crippen LogP contribution is 2.46. The predicted molar refractivity (Wildman–Crippen MR) is 278 cm³/mol. The molecular formula is C63H37N5. The minimum Gasteiger partial charge on any atom is -0.309 e. The number of fused-ring (bicyclic) bond motifs is 13. The Morgan fingerprint density at radius 2 is 0.985 bits per heavy atom. The first-order chi connectivity index (χ1) is 33.7. The minimum absolute atomic E-state index is 0.536. The molecule has 0 bridgehead atoms. The van der Waals surface area contributed by atoms with Crippen molar-refractivity contribution in [3.8, 4) is 62.6 Å². The van der Waals surface area contributed by atoms with Crippen LogP contribution in [0.4, 0.5) is 0 Å². The monoisotopic (exact) mass is 863 g/mol. The molecule has 0 fully saturated rings. The zero-order valence-electron chi connectivity index (χ0n) is 36.7. The summed E-state index contributed by atoms with van der Waals surface area (Å²) in [6.45, 7) is 0. The average Bonchev–Trinajstić information content (AvgIpc) is 4.14. The maximum absolute atomic E-state index is 11.0. The van der Waals surface area contributed by atoms with Crippen molar-refractivity contribution in [2.24, 2.45) is 0 Å². The first kappa shape index (κ1) is 37.9. The van der Waals surface area contributed by atoms with E-state index in [-0.39, 0.29) is 0 Å². The maximum Gasteiger partial charge on any atom is 0.0998 e. The van der Waals surface area contributed by atoms with Gasteiger partial charge in [0.1, 0.15) is 0 Å². The number of hydrogen-bond acceptors (Lipinski definition) is 2. The van der Waals surface area contributed by atoms with E-state index in [4.69, 9.17) is 0 Å². The van der Waals surface area contributed by atoms with E-state index >= 15 is 0 Å². The molecule has 0 spiro atoms. The second-order valence-electron chi connectivity index (χ2n) is 17.8. The summed E-state index contributed by atoms with van der Waals surface area (Å²) < 4.78 is 7.27. The molecule has 0 saturated carbocycles. The van der Waals surface area contributed by atoms with Crippen LogP contribution in [0.5, 0.6) is 0 Å². The van der Waals surface area contributed by atoms with E-state index in [1.807, 2.05) is 36.4 Å². The van der Waals surface area contributed by atoms with Crippen LogP contribution in [0, 0.1) is 22.7 Å². The van der Waals surface area contributed by atoms with Crippen LogP contribution in [0.25, 0.3) is 116 Å². The second kappa shape index (κ2) is 14.5. The molecule has 3 heterocycles. The van der Waals surface area contributed by atoms with Crippen molar-refractivity contribution in [2.75, 3.05) is 0 Å². The molecule has 14 rings (SSSR count). The summed E-state index contributed by atoms with van der Waals surface area (Å²) in [4.78, 5) is 0. The zero-order valence-corrected chi connectivity index (χ0v) is 36.7. The van der Waals surface area contributed by atoms with Gasteiger partial charge in [0.2, 0.25) is 0 Å². The third kappa shape index (κ3) is 5.36. The van der Waals surface area contributed by atoms with E-state index in [0.29, 0.717) is 11.1 Å².